The summed E-state index contributed by atoms with van der Waals surface area (Å²) in [4.78, 5) is 1.34. The predicted molar refractivity (Wildman–Crippen MR) is 80.6 cm³/mol. The molecule has 1 heterocycles. The Morgan fingerprint density at radius 3 is 1.72 bits per heavy atom. The van der Waals surface area contributed by atoms with E-state index in [1.165, 1.54) is 10.4 Å². The van der Waals surface area contributed by atoms with Crippen LogP contribution in [0.3, 0.4) is 0 Å². The SMILES string of the molecule is Nc1ccccc1.c1ccc(-c2cccs2)cc1. The minimum absolute atomic E-state index is 0.822. The van der Waals surface area contributed by atoms with Gasteiger partial charge in [-0.05, 0) is 29.1 Å². The van der Waals surface area contributed by atoms with Gasteiger partial charge >= 0.3 is 0 Å². The van der Waals surface area contributed by atoms with Gasteiger partial charge in [-0.1, -0.05) is 54.6 Å². The second-order valence-electron chi connectivity index (χ2n) is 3.75. The molecule has 0 bridgehead atoms. The Bertz CT molecular complexity index is 544. The lowest BCUT2D eigenvalue weighted by Gasteiger charge is -1.93. The molecule has 0 saturated heterocycles. The van der Waals surface area contributed by atoms with E-state index >= 15 is 0 Å². The molecular weight excluding hydrogens is 238 g/mol. The summed E-state index contributed by atoms with van der Waals surface area (Å²) in [5, 5.41) is 2.10. The van der Waals surface area contributed by atoms with Crippen molar-refractivity contribution in [1.82, 2.24) is 0 Å². The number of rotatable bonds is 1. The van der Waals surface area contributed by atoms with Crippen LogP contribution in [0.1, 0.15) is 0 Å². The van der Waals surface area contributed by atoms with E-state index in [2.05, 4.69) is 41.8 Å². The molecule has 0 spiro atoms. The van der Waals surface area contributed by atoms with Crippen LogP contribution in [0.15, 0.2) is 78.2 Å². The molecule has 0 amide bonds. The predicted octanol–water partition coefficient (Wildman–Crippen LogP) is 4.68. The highest BCUT2D eigenvalue weighted by Gasteiger charge is 1.93. The van der Waals surface area contributed by atoms with Crippen molar-refractivity contribution >= 4 is 17.0 Å². The summed E-state index contributed by atoms with van der Waals surface area (Å²) in [6.45, 7) is 0. The number of para-hydroxylation sites is 1. The van der Waals surface area contributed by atoms with Gasteiger partial charge in [-0.15, -0.1) is 11.3 Å². The molecule has 2 aromatic carbocycles. The highest BCUT2D eigenvalue weighted by molar-refractivity contribution is 7.13. The maximum Gasteiger partial charge on any atom is 0.0342 e. The van der Waals surface area contributed by atoms with E-state index in [9.17, 15) is 0 Å². The van der Waals surface area contributed by atoms with Crippen LogP contribution in [0.2, 0.25) is 0 Å². The fraction of sp³-hybridized carbons (Fsp3) is 0. The number of benzene rings is 2. The van der Waals surface area contributed by atoms with Gasteiger partial charge in [0.15, 0.2) is 0 Å². The Morgan fingerprint density at radius 1 is 0.667 bits per heavy atom. The number of hydrogen-bond acceptors (Lipinski definition) is 2. The number of anilines is 1. The third-order valence-electron chi connectivity index (χ3n) is 2.38. The van der Waals surface area contributed by atoms with Crippen molar-refractivity contribution in [2.45, 2.75) is 0 Å². The van der Waals surface area contributed by atoms with Crippen molar-refractivity contribution in [3.8, 4) is 10.4 Å². The lowest BCUT2D eigenvalue weighted by molar-refractivity contribution is 1.69. The molecule has 1 nitrogen and oxygen atoms in total. The van der Waals surface area contributed by atoms with Crippen LogP contribution in [0, 0.1) is 0 Å². The molecule has 18 heavy (non-hydrogen) atoms. The van der Waals surface area contributed by atoms with E-state index in [0.717, 1.165) is 5.69 Å². The average molecular weight is 253 g/mol. The van der Waals surface area contributed by atoms with E-state index in [1.54, 1.807) is 11.3 Å². The maximum atomic E-state index is 5.36. The number of thiophene rings is 1. The van der Waals surface area contributed by atoms with Gasteiger partial charge in [-0.3, -0.25) is 0 Å². The molecule has 2 N–H and O–H groups in total. The molecule has 3 aromatic rings. The molecule has 0 atom stereocenters. The minimum Gasteiger partial charge on any atom is -0.399 e. The molecule has 0 aliphatic heterocycles. The molecule has 2 heteroatoms. The topological polar surface area (TPSA) is 26.0 Å². The Kier molecular flexibility index (Phi) is 4.56. The first-order valence-electron chi connectivity index (χ1n) is 5.76. The standard InChI is InChI=1S/C10H8S.C6H7N/c1-2-5-9(6-3-1)10-7-4-8-11-10;7-6-4-2-1-3-5-6/h1-8H;1-5H,7H2. The van der Waals surface area contributed by atoms with Crippen molar-refractivity contribution in [1.29, 1.82) is 0 Å². The minimum atomic E-state index is 0.822. The fourth-order valence-electron chi connectivity index (χ4n) is 1.50. The van der Waals surface area contributed by atoms with Crippen LogP contribution in [0.25, 0.3) is 10.4 Å². The van der Waals surface area contributed by atoms with Gasteiger partial charge in [0.05, 0.1) is 0 Å². The van der Waals surface area contributed by atoms with Gasteiger partial charge in [0, 0.05) is 10.6 Å². The Hall–Kier alpha value is -2.06. The van der Waals surface area contributed by atoms with E-state index in [1.807, 2.05) is 36.4 Å². The zero-order valence-electron chi connectivity index (χ0n) is 9.99. The van der Waals surface area contributed by atoms with Crippen LogP contribution < -0.4 is 5.73 Å². The molecule has 0 unspecified atom stereocenters. The van der Waals surface area contributed by atoms with Crippen molar-refractivity contribution in [2.24, 2.45) is 0 Å². The summed E-state index contributed by atoms with van der Waals surface area (Å²) in [6, 6.07) is 24.1. The normalized spacial score (nSPS) is 9.33. The van der Waals surface area contributed by atoms with Crippen LogP contribution in [0.5, 0.6) is 0 Å². The summed E-state index contributed by atoms with van der Waals surface area (Å²) < 4.78 is 0. The van der Waals surface area contributed by atoms with E-state index in [0.29, 0.717) is 0 Å². The van der Waals surface area contributed by atoms with E-state index in [4.69, 9.17) is 5.73 Å². The first-order valence-corrected chi connectivity index (χ1v) is 6.63. The van der Waals surface area contributed by atoms with Crippen LogP contribution in [0.4, 0.5) is 5.69 Å². The van der Waals surface area contributed by atoms with Crippen molar-refractivity contribution in [2.75, 3.05) is 5.73 Å². The Labute approximate surface area is 112 Å². The van der Waals surface area contributed by atoms with Gasteiger partial charge in [-0.2, -0.15) is 0 Å². The lowest BCUT2D eigenvalue weighted by Crippen LogP contribution is -1.79. The third kappa shape index (κ3) is 3.75. The molecule has 90 valence electrons. The molecule has 0 radical (unpaired) electrons. The van der Waals surface area contributed by atoms with Gasteiger partial charge in [-0.25, -0.2) is 0 Å². The zero-order chi connectivity index (χ0) is 12.6. The maximum absolute atomic E-state index is 5.36. The first kappa shape index (κ1) is 12.4. The molecule has 0 fully saturated rings. The van der Waals surface area contributed by atoms with Crippen LogP contribution >= 0.6 is 11.3 Å². The molecule has 0 aliphatic carbocycles. The van der Waals surface area contributed by atoms with Crippen LogP contribution in [-0.2, 0) is 0 Å². The van der Waals surface area contributed by atoms with E-state index < -0.39 is 0 Å². The highest BCUT2D eigenvalue weighted by atomic mass is 32.1. The largest absolute Gasteiger partial charge is 0.399 e. The summed E-state index contributed by atoms with van der Waals surface area (Å²) in [5.41, 5.74) is 7.49. The summed E-state index contributed by atoms with van der Waals surface area (Å²) in [7, 11) is 0. The van der Waals surface area contributed by atoms with Crippen molar-refractivity contribution in [3.63, 3.8) is 0 Å². The van der Waals surface area contributed by atoms with Gasteiger partial charge in [0.25, 0.3) is 0 Å². The van der Waals surface area contributed by atoms with Crippen LogP contribution in [-0.4, -0.2) is 0 Å². The average Bonchev–Trinajstić information content (AvgIpc) is 2.95. The van der Waals surface area contributed by atoms with Gasteiger partial charge < -0.3 is 5.73 Å². The third-order valence-corrected chi connectivity index (χ3v) is 3.30. The van der Waals surface area contributed by atoms with Crippen molar-refractivity contribution in [3.05, 3.63) is 78.2 Å². The Morgan fingerprint density at radius 2 is 1.28 bits per heavy atom. The zero-order valence-corrected chi connectivity index (χ0v) is 10.8. The number of nitrogens with two attached hydrogens (primary N) is 1. The summed E-state index contributed by atoms with van der Waals surface area (Å²) in [6.07, 6.45) is 0. The molecule has 0 aliphatic rings. The fourth-order valence-corrected chi connectivity index (χ4v) is 2.23. The first-order chi connectivity index (χ1) is 8.86. The lowest BCUT2D eigenvalue weighted by atomic mass is 10.2. The van der Waals surface area contributed by atoms with Gasteiger partial charge in [0.2, 0.25) is 0 Å². The monoisotopic (exact) mass is 253 g/mol. The quantitative estimate of drug-likeness (QED) is 0.626. The van der Waals surface area contributed by atoms with E-state index in [-0.39, 0.29) is 0 Å². The van der Waals surface area contributed by atoms with Crippen molar-refractivity contribution < 1.29 is 0 Å². The molecule has 1 aromatic heterocycles. The summed E-state index contributed by atoms with van der Waals surface area (Å²) in [5.74, 6) is 0. The highest BCUT2D eigenvalue weighted by Crippen LogP contribution is 2.23. The number of nitrogen functional groups attached to an aromatic ring is 1. The second-order valence-corrected chi connectivity index (χ2v) is 4.70. The number of hydrogen-bond donors (Lipinski definition) is 1. The second kappa shape index (κ2) is 6.62. The smallest absolute Gasteiger partial charge is 0.0342 e. The molecular formula is C16H15NS. The molecule has 3 rings (SSSR count). The van der Waals surface area contributed by atoms with Gasteiger partial charge in [0.1, 0.15) is 0 Å². The molecule has 0 saturated carbocycles. The Balaban J connectivity index is 0.000000149. The summed E-state index contributed by atoms with van der Waals surface area (Å²) >= 11 is 1.78.